The number of rotatable bonds is 8. The minimum atomic E-state index is -0.343. The fraction of sp³-hybridized carbons (Fsp3) is 0.263. The van der Waals surface area contributed by atoms with Crippen LogP contribution < -0.4 is 16.0 Å². The smallest absolute Gasteiger partial charge is 0.319 e. The zero-order valence-electron chi connectivity index (χ0n) is 15.4. The first-order chi connectivity index (χ1) is 13.6. The molecule has 2 aromatic heterocycles. The van der Waals surface area contributed by atoms with Crippen molar-refractivity contribution in [2.24, 2.45) is 0 Å². The minimum absolute atomic E-state index is 0.104. The van der Waals surface area contributed by atoms with E-state index in [2.05, 4.69) is 26.1 Å². The van der Waals surface area contributed by atoms with E-state index in [1.165, 1.54) is 0 Å². The zero-order valence-corrected chi connectivity index (χ0v) is 15.4. The number of aryl methyl sites for hydroxylation is 2. The Morgan fingerprint density at radius 2 is 1.82 bits per heavy atom. The summed E-state index contributed by atoms with van der Waals surface area (Å²) in [6.07, 6.45) is 3.07. The number of aromatic nitrogens is 2. The molecule has 0 saturated heterocycles. The second-order valence-electron chi connectivity index (χ2n) is 6.10. The first kappa shape index (κ1) is 19.2. The summed E-state index contributed by atoms with van der Waals surface area (Å²) in [4.78, 5) is 28.0. The number of hydrogen-bond donors (Lipinski definition) is 3. The van der Waals surface area contributed by atoms with E-state index in [-0.39, 0.29) is 11.9 Å². The van der Waals surface area contributed by atoms with Crippen LogP contribution in [0.2, 0.25) is 0 Å². The number of furan rings is 1. The molecule has 9 heteroatoms. The Bertz CT molecular complexity index is 903. The third-order valence-corrected chi connectivity index (χ3v) is 3.79. The maximum atomic E-state index is 12.0. The van der Waals surface area contributed by atoms with Gasteiger partial charge in [-0.1, -0.05) is 5.16 Å². The quantitative estimate of drug-likeness (QED) is 0.549. The number of nitrogens with zero attached hydrogens (tertiary/aromatic N) is 2. The van der Waals surface area contributed by atoms with Gasteiger partial charge in [-0.3, -0.25) is 4.79 Å². The average molecular weight is 383 g/mol. The van der Waals surface area contributed by atoms with Crippen molar-refractivity contribution in [1.29, 1.82) is 0 Å². The largest absolute Gasteiger partial charge is 0.467 e. The number of anilines is 2. The van der Waals surface area contributed by atoms with E-state index < -0.39 is 0 Å². The lowest BCUT2D eigenvalue weighted by molar-refractivity contribution is -0.116. The van der Waals surface area contributed by atoms with Gasteiger partial charge in [0.15, 0.2) is 5.82 Å². The summed E-state index contributed by atoms with van der Waals surface area (Å²) in [6, 6.07) is 10.1. The fourth-order valence-electron chi connectivity index (χ4n) is 2.46. The highest BCUT2D eigenvalue weighted by molar-refractivity contribution is 5.92. The molecule has 0 spiro atoms. The molecule has 2 heterocycles. The standard InChI is InChI=1S/C19H21N5O4/c1-13-21-18(28-24-13)6-2-5-17(25)22-14-7-9-15(10-8-14)23-19(26)20-12-16-4-3-11-27-16/h3-4,7-11H,2,5-6,12H2,1H3,(H,22,25)(H2,20,23,26). The second-order valence-corrected chi connectivity index (χ2v) is 6.10. The Kier molecular flexibility index (Phi) is 6.40. The molecule has 3 amide bonds. The maximum absolute atomic E-state index is 12.0. The van der Waals surface area contributed by atoms with Crippen molar-refractivity contribution < 1.29 is 18.5 Å². The third kappa shape index (κ3) is 5.97. The van der Waals surface area contributed by atoms with Crippen LogP contribution in [-0.2, 0) is 17.8 Å². The number of hydrogen-bond acceptors (Lipinski definition) is 6. The van der Waals surface area contributed by atoms with E-state index in [0.29, 0.717) is 54.7 Å². The van der Waals surface area contributed by atoms with Crippen LogP contribution in [0.4, 0.5) is 16.2 Å². The van der Waals surface area contributed by atoms with Gasteiger partial charge in [0.2, 0.25) is 11.8 Å². The SMILES string of the molecule is Cc1noc(CCCC(=O)Nc2ccc(NC(=O)NCc3ccco3)cc2)n1. The Morgan fingerprint density at radius 3 is 2.46 bits per heavy atom. The van der Waals surface area contributed by atoms with Crippen molar-refractivity contribution in [3.8, 4) is 0 Å². The fourth-order valence-corrected chi connectivity index (χ4v) is 2.46. The Hall–Kier alpha value is -3.62. The van der Waals surface area contributed by atoms with E-state index in [9.17, 15) is 9.59 Å². The normalized spacial score (nSPS) is 10.5. The van der Waals surface area contributed by atoms with Crippen LogP contribution in [0.15, 0.2) is 51.6 Å². The summed E-state index contributed by atoms with van der Waals surface area (Å²) in [5.74, 6) is 1.68. The van der Waals surface area contributed by atoms with Gasteiger partial charge in [-0.05, 0) is 49.7 Å². The molecular formula is C19H21N5O4. The lowest BCUT2D eigenvalue weighted by atomic mass is 10.2. The molecule has 0 saturated carbocycles. The Labute approximate surface area is 161 Å². The first-order valence-corrected chi connectivity index (χ1v) is 8.85. The number of urea groups is 1. The van der Waals surface area contributed by atoms with E-state index in [4.69, 9.17) is 8.94 Å². The molecule has 9 nitrogen and oxygen atoms in total. The average Bonchev–Trinajstić information content (AvgIpc) is 3.33. The number of benzene rings is 1. The topological polar surface area (TPSA) is 122 Å². The summed E-state index contributed by atoms with van der Waals surface area (Å²) >= 11 is 0. The van der Waals surface area contributed by atoms with Gasteiger partial charge in [0.05, 0.1) is 12.8 Å². The van der Waals surface area contributed by atoms with E-state index in [0.717, 1.165) is 0 Å². The zero-order chi connectivity index (χ0) is 19.8. The molecule has 0 unspecified atom stereocenters. The minimum Gasteiger partial charge on any atom is -0.467 e. The molecule has 0 radical (unpaired) electrons. The summed E-state index contributed by atoms with van der Waals surface area (Å²) in [6.45, 7) is 2.05. The van der Waals surface area contributed by atoms with Crippen LogP contribution in [0.3, 0.4) is 0 Å². The van der Waals surface area contributed by atoms with Crippen molar-refractivity contribution in [3.05, 3.63) is 60.1 Å². The van der Waals surface area contributed by atoms with Gasteiger partial charge in [-0.15, -0.1) is 0 Å². The first-order valence-electron chi connectivity index (χ1n) is 8.85. The Balaban J connectivity index is 1.38. The monoisotopic (exact) mass is 383 g/mol. The van der Waals surface area contributed by atoms with Crippen molar-refractivity contribution in [2.75, 3.05) is 10.6 Å². The van der Waals surface area contributed by atoms with Crippen LogP contribution in [0.25, 0.3) is 0 Å². The van der Waals surface area contributed by atoms with Crippen LogP contribution >= 0.6 is 0 Å². The molecule has 0 bridgehead atoms. The van der Waals surface area contributed by atoms with Gasteiger partial charge in [-0.25, -0.2) is 4.79 Å². The van der Waals surface area contributed by atoms with Gasteiger partial charge < -0.3 is 24.9 Å². The van der Waals surface area contributed by atoms with Gasteiger partial charge >= 0.3 is 6.03 Å². The molecule has 3 N–H and O–H groups in total. The Morgan fingerprint density at radius 1 is 1.07 bits per heavy atom. The maximum Gasteiger partial charge on any atom is 0.319 e. The van der Waals surface area contributed by atoms with Crippen molar-refractivity contribution in [1.82, 2.24) is 15.5 Å². The summed E-state index contributed by atoms with van der Waals surface area (Å²) in [5, 5.41) is 11.9. The van der Waals surface area contributed by atoms with E-state index in [1.807, 2.05) is 0 Å². The lowest BCUT2D eigenvalue weighted by Gasteiger charge is -2.08. The molecule has 3 rings (SSSR count). The summed E-state index contributed by atoms with van der Waals surface area (Å²) < 4.78 is 10.2. The molecule has 0 atom stereocenters. The highest BCUT2D eigenvalue weighted by atomic mass is 16.5. The van der Waals surface area contributed by atoms with Crippen molar-refractivity contribution >= 4 is 23.3 Å². The highest BCUT2D eigenvalue weighted by Gasteiger charge is 2.07. The number of amides is 3. The molecule has 3 aromatic rings. The predicted molar refractivity (Wildman–Crippen MR) is 102 cm³/mol. The predicted octanol–water partition coefficient (Wildman–Crippen LogP) is 3.25. The van der Waals surface area contributed by atoms with E-state index in [1.54, 1.807) is 49.6 Å². The van der Waals surface area contributed by atoms with Gasteiger partial charge in [-0.2, -0.15) is 4.98 Å². The van der Waals surface area contributed by atoms with Gasteiger partial charge in [0.1, 0.15) is 5.76 Å². The second kappa shape index (κ2) is 9.36. The molecule has 0 aliphatic heterocycles. The molecule has 146 valence electrons. The van der Waals surface area contributed by atoms with Crippen LogP contribution in [0, 0.1) is 6.92 Å². The molecule has 1 aromatic carbocycles. The lowest BCUT2D eigenvalue weighted by Crippen LogP contribution is -2.27. The third-order valence-electron chi connectivity index (χ3n) is 3.79. The number of carbonyl (C=O) groups is 2. The molecule has 0 aliphatic carbocycles. The van der Waals surface area contributed by atoms with Crippen LogP contribution in [0.5, 0.6) is 0 Å². The highest BCUT2D eigenvalue weighted by Crippen LogP contribution is 2.14. The number of carbonyl (C=O) groups excluding carboxylic acids is 2. The molecular weight excluding hydrogens is 362 g/mol. The van der Waals surface area contributed by atoms with Crippen LogP contribution in [0.1, 0.15) is 30.3 Å². The summed E-state index contributed by atoms with van der Waals surface area (Å²) in [7, 11) is 0. The van der Waals surface area contributed by atoms with Crippen molar-refractivity contribution in [2.45, 2.75) is 32.7 Å². The van der Waals surface area contributed by atoms with E-state index >= 15 is 0 Å². The molecule has 0 fully saturated rings. The molecule has 28 heavy (non-hydrogen) atoms. The van der Waals surface area contributed by atoms with Crippen molar-refractivity contribution in [3.63, 3.8) is 0 Å². The van der Waals surface area contributed by atoms with Crippen LogP contribution in [-0.4, -0.2) is 22.1 Å². The van der Waals surface area contributed by atoms with Gasteiger partial charge in [0, 0.05) is 24.2 Å². The molecule has 0 aliphatic rings. The number of nitrogens with one attached hydrogen (secondary N) is 3. The summed E-state index contributed by atoms with van der Waals surface area (Å²) in [5.41, 5.74) is 1.27. The van der Waals surface area contributed by atoms with Gasteiger partial charge in [0.25, 0.3) is 0 Å².